The molecule has 0 N–H and O–H groups in total. The summed E-state index contributed by atoms with van der Waals surface area (Å²) in [6, 6.07) is 0. The Balaban J connectivity index is -0.000000500. The van der Waals surface area contributed by atoms with E-state index in [1.54, 1.807) is 0 Å². The van der Waals surface area contributed by atoms with Gasteiger partial charge in [0.1, 0.15) is 6.29 Å². The van der Waals surface area contributed by atoms with Gasteiger partial charge in [-0.3, -0.25) is 0 Å². The third kappa shape index (κ3) is 11.3. The smallest absolute Gasteiger partial charge is 1.00 e. The van der Waals surface area contributed by atoms with Gasteiger partial charge in [-0.25, -0.2) is 0 Å². The normalized spacial score (nSPS) is 12.3. The van der Waals surface area contributed by atoms with Crippen LogP contribution >= 0.6 is 0 Å². The van der Waals surface area contributed by atoms with E-state index in [1.165, 1.54) is 19.3 Å². The Kier molecular flexibility index (Phi) is 13.6. The van der Waals surface area contributed by atoms with Crippen molar-refractivity contribution in [2.24, 2.45) is 11.8 Å². The molecule has 0 radical (unpaired) electrons. The average Bonchev–Trinajstić information content (AvgIpc) is 1.87. The quantitative estimate of drug-likeness (QED) is 0.437. The van der Waals surface area contributed by atoms with Gasteiger partial charge < -0.3 is 6.22 Å². The van der Waals surface area contributed by atoms with E-state index in [2.05, 4.69) is 20.8 Å². The van der Waals surface area contributed by atoms with Gasteiger partial charge in [-0.15, -0.1) is 0 Å². The van der Waals surface area contributed by atoms with Crippen molar-refractivity contribution < 1.29 is 57.6 Å². The molecule has 0 saturated carbocycles. The van der Waals surface area contributed by atoms with Crippen LogP contribution < -0.4 is 51.4 Å². The number of hydrogen-bond acceptors (Lipinski definition) is 1. The van der Waals surface area contributed by atoms with Crippen LogP contribution in [0.2, 0.25) is 0 Å². The number of carbonyl (C=O) groups excluding carboxylic acids is 1. The zero-order valence-corrected chi connectivity index (χ0v) is 12.1. The number of carbonyl (C=O) groups is 1. The van der Waals surface area contributed by atoms with Crippen LogP contribution in [0.3, 0.4) is 0 Å². The SMILES string of the molecule is CC(C)CCCC(C)CC=O.[H-].[K+]. The summed E-state index contributed by atoms with van der Waals surface area (Å²) in [5.41, 5.74) is 0. The molecule has 12 heavy (non-hydrogen) atoms. The second-order valence-corrected chi connectivity index (χ2v) is 3.83. The summed E-state index contributed by atoms with van der Waals surface area (Å²) < 4.78 is 0. The van der Waals surface area contributed by atoms with Crippen molar-refractivity contribution in [3.8, 4) is 0 Å². The fraction of sp³-hybridized carbons (Fsp3) is 0.900. The second kappa shape index (κ2) is 10.4. The molecule has 68 valence electrons. The third-order valence-corrected chi connectivity index (χ3v) is 1.98. The van der Waals surface area contributed by atoms with Crippen LogP contribution in [0.1, 0.15) is 47.9 Å². The number of hydrogen-bond donors (Lipinski definition) is 0. The van der Waals surface area contributed by atoms with Crippen molar-refractivity contribution in [3.63, 3.8) is 0 Å². The summed E-state index contributed by atoms with van der Waals surface area (Å²) in [5.74, 6) is 1.39. The summed E-state index contributed by atoms with van der Waals surface area (Å²) in [7, 11) is 0. The molecule has 0 saturated heterocycles. The van der Waals surface area contributed by atoms with Crippen LogP contribution in [0.25, 0.3) is 0 Å². The van der Waals surface area contributed by atoms with E-state index >= 15 is 0 Å². The minimum Gasteiger partial charge on any atom is -1.00 e. The molecule has 0 aliphatic heterocycles. The summed E-state index contributed by atoms with van der Waals surface area (Å²) >= 11 is 0. The molecule has 2 heteroatoms. The first kappa shape index (κ1) is 15.8. The Morgan fingerprint density at radius 3 is 2.25 bits per heavy atom. The third-order valence-electron chi connectivity index (χ3n) is 1.98. The molecule has 0 bridgehead atoms. The van der Waals surface area contributed by atoms with Gasteiger partial charge in [0, 0.05) is 6.42 Å². The minimum absolute atomic E-state index is 0. The fourth-order valence-electron chi connectivity index (χ4n) is 1.16. The molecule has 0 spiro atoms. The molecule has 0 aromatic rings. The first-order valence-corrected chi connectivity index (χ1v) is 4.60. The van der Waals surface area contributed by atoms with E-state index in [0.29, 0.717) is 5.92 Å². The molecular formula is C10H21KO. The molecule has 1 atom stereocenters. The maximum atomic E-state index is 10.1. The maximum absolute atomic E-state index is 10.1. The molecule has 0 amide bonds. The molecule has 0 rings (SSSR count). The van der Waals surface area contributed by atoms with Crippen molar-refractivity contribution >= 4 is 6.29 Å². The zero-order valence-electron chi connectivity index (χ0n) is 9.97. The van der Waals surface area contributed by atoms with E-state index in [4.69, 9.17) is 0 Å². The zero-order chi connectivity index (χ0) is 8.69. The Hall–Kier alpha value is 1.31. The van der Waals surface area contributed by atoms with Crippen molar-refractivity contribution in [3.05, 3.63) is 0 Å². The van der Waals surface area contributed by atoms with Crippen LogP contribution in [-0.4, -0.2) is 6.29 Å². The van der Waals surface area contributed by atoms with Gasteiger partial charge in [0.05, 0.1) is 0 Å². The topological polar surface area (TPSA) is 17.1 Å². The first-order chi connectivity index (χ1) is 5.16. The predicted octanol–water partition coefficient (Wildman–Crippen LogP) is 0.154. The Labute approximate surface area is 121 Å². The number of aldehydes is 1. The molecule has 0 heterocycles. The predicted molar refractivity (Wildman–Crippen MR) is 49.6 cm³/mol. The standard InChI is InChI=1S/C10H20O.K.H/c1-9(2)5-4-6-10(3)7-8-11;;/h8-10H,4-7H2,1-3H3;;/q;+1;-1. The van der Waals surface area contributed by atoms with Gasteiger partial charge in [0.25, 0.3) is 0 Å². The molecule has 1 nitrogen and oxygen atoms in total. The van der Waals surface area contributed by atoms with Crippen molar-refractivity contribution in [1.82, 2.24) is 0 Å². The summed E-state index contributed by atoms with van der Waals surface area (Å²) in [6.07, 6.45) is 5.53. The van der Waals surface area contributed by atoms with E-state index in [9.17, 15) is 4.79 Å². The number of rotatable bonds is 6. The van der Waals surface area contributed by atoms with Crippen LogP contribution in [0.4, 0.5) is 0 Å². The van der Waals surface area contributed by atoms with Crippen molar-refractivity contribution in [1.29, 1.82) is 0 Å². The van der Waals surface area contributed by atoms with Gasteiger partial charge in [-0.1, -0.05) is 40.0 Å². The molecule has 0 fully saturated rings. The second-order valence-electron chi connectivity index (χ2n) is 3.83. The minimum atomic E-state index is 0. The summed E-state index contributed by atoms with van der Waals surface area (Å²) in [6.45, 7) is 6.63. The van der Waals surface area contributed by atoms with Crippen molar-refractivity contribution in [2.75, 3.05) is 0 Å². The maximum Gasteiger partial charge on any atom is 1.00 e. The van der Waals surface area contributed by atoms with Gasteiger partial charge in [-0.2, -0.15) is 0 Å². The Bertz CT molecular complexity index is 107. The molecule has 0 aliphatic carbocycles. The van der Waals surface area contributed by atoms with Gasteiger partial charge in [0.15, 0.2) is 0 Å². The van der Waals surface area contributed by atoms with Crippen LogP contribution in [0, 0.1) is 11.8 Å². The summed E-state index contributed by atoms with van der Waals surface area (Å²) in [5, 5.41) is 0. The van der Waals surface area contributed by atoms with E-state index in [-0.39, 0.29) is 52.8 Å². The molecule has 0 aliphatic rings. The Morgan fingerprint density at radius 1 is 1.25 bits per heavy atom. The van der Waals surface area contributed by atoms with E-state index in [1.807, 2.05) is 0 Å². The molecular weight excluding hydrogens is 175 g/mol. The van der Waals surface area contributed by atoms with Gasteiger partial charge >= 0.3 is 51.4 Å². The van der Waals surface area contributed by atoms with Gasteiger partial charge in [-0.05, 0) is 11.8 Å². The molecule has 0 aromatic carbocycles. The van der Waals surface area contributed by atoms with E-state index in [0.717, 1.165) is 18.6 Å². The fourth-order valence-corrected chi connectivity index (χ4v) is 1.16. The average molecular weight is 196 g/mol. The largest absolute Gasteiger partial charge is 1.00 e. The van der Waals surface area contributed by atoms with Crippen LogP contribution in [0.15, 0.2) is 0 Å². The Morgan fingerprint density at radius 2 is 1.83 bits per heavy atom. The molecule has 0 aromatic heterocycles. The van der Waals surface area contributed by atoms with Gasteiger partial charge in [0.2, 0.25) is 0 Å². The van der Waals surface area contributed by atoms with Crippen molar-refractivity contribution in [2.45, 2.75) is 46.5 Å². The van der Waals surface area contributed by atoms with E-state index < -0.39 is 0 Å². The molecule has 1 unspecified atom stereocenters. The van der Waals surface area contributed by atoms with Crippen LogP contribution in [-0.2, 0) is 4.79 Å². The first-order valence-electron chi connectivity index (χ1n) is 4.60. The summed E-state index contributed by atoms with van der Waals surface area (Å²) in [4.78, 5) is 10.1. The monoisotopic (exact) mass is 196 g/mol. The van der Waals surface area contributed by atoms with Crippen LogP contribution in [0.5, 0.6) is 0 Å².